The Kier molecular flexibility index (Phi) is 4.91. The minimum absolute atomic E-state index is 0.707. The molecule has 0 atom stereocenters. The summed E-state index contributed by atoms with van der Waals surface area (Å²) in [7, 11) is 0. The van der Waals surface area contributed by atoms with E-state index in [2.05, 4.69) is 34.2 Å². The van der Waals surface area contributed by atoms with E-state index in [9.17, 15) is 0 Å². The Hall–Kier alpha value is -2.12. The summed E-state index contributed by atoms with van der Waals surface area (Å²) < 4.78 is 2.05. The highest BCUT2D eigenvalue weighted by molar-refractivity contribution is 5.31. The van der Waals surface area contributed by atoms with Crippen molar-refractivity contribution in [2.45, 2.75) is 33.4 Å². The maximum absolute atomic E-state index is 8.73. The van der Waals surface area contributed by atoms with Gasteiger partial charge in [0.2, 0.25) is 0 Å². The molecule has 0 spiro atoms. The lowest BCUT2D eigenvalue weighted by molar-refractivity contribution is 0.532. The summed E-state index contributed by atoms with van der Waals surface area (Å²) in [5.41, 5.74) is 4.20. The van der Waals surface area contributed by atoms with Crippen molar-refractivity contribution < 1.29 is 0 Å². The van der Waals surface area contributed by atoms with E-state index in [0.29, 0.717) is 5.56 Å². The van der Waals surface area contributed by atoms with Crippen LogP contribution in [0.2, 0.25) is 0 Å². The molecule has 1 aromatic heterocycles. The second-order valence-electron chi connectivity index (χ2n) is 4.99. The summed E-state index contributed by atoms with van der Waals surface area (Å²) in [4.78, 5) is 0. The van der Waals surface area contributed by atoms with Gasteiger partial charge in [-0.15, -0.1) is 0 Å². The fourth-order valence-electron chi connectivity index (χ4n) is 2.18. The lowest BCUT2D eigenvalue weighted by atomic mass is 10.1. The first-order chi connectivity index (χ1) is 9.69. The Labute approximate surface area is 120 Å². The smallest absolute Gasteiger partial charge is 0.0991 e. The third-order valence-corrected chi connectivity index (χ3v) is 3.24. The minimum atomic E-state index is 0.707. The molecule has 0 fully saturated rings. The number of rotatable bonds is 6. The number of aromatic nitrogens is 2. The Morgan fingerprint density at radius 1 is 1.25 bits per heavy atom. The number of benzene rings is 1. The molecule has 2 aromatic rings. The van der Waals surface area contributed by atoms with Crippen LogP contribution in [0.1, 0.15) is 28.9 Å². The summed E-state index contributed by atoms with van der Waals surface area (Å²) in [5.74, 6) is 0. The number of nitriles is 1. The zero-order valence-corrected chi connectivity index (χ0v) is 12.1. The van der Waals surface area contributed by atoms with Crippen LogP contribution in [0.4, 0.5) is 0 Å². The Bertz CT molecular complexity index is 590. The highest BCUT2D eigenvalue weighted by Gasteiger charge is 2.00. The molecule has 0 saturated carbocycles. The maximum Gasteiger partial charge on any atom is 0.0991 e. The molecule has 0 radical (unpaired) electrons. The molecule has 2 rings (SSSR count). The first-order valence-corrected chi connectivity index (χ1v) is 6.90. The van der Waals surface area contributed by atoms with Crippen molar-refractivity contribution in [1.82, 2.24) is 15.1 Å². The number of nitrogens with zero attached hydrogens (tertiary/aromatic N) is 3. The maximum atomic E-state index is 8.73. The van der Waals surface area contributed by atoms with E-state index in [1.165, 1.54) is 11.3 Å². The molecule has 0 saturated heterocycles. The molecule has 0 aliphatic rings. The lowest BCUT2D eigenvalue weighted by Crippen LogP contribution is -2.17. The zero-order chi connectivity index (χ0) is 14.4. The molecule has 1 N–H and O–H groups in total. The van der Waals surface area contributed by atoms with E-state index in [0.717, 1.165) is 31.7 Å². The summed E-state index contributed by atoms with van der Waals surface area (Å²) in [6.07, 6.45) is 1.05. The van der Waals surface area contributed by atoms with Gasteiger partial charge in [-0.1, -0.05) is 12.1 Å². The van der Waals surface area contributed by atoms with Crippen LogP contribution in [0.15, 0.2) is 30.3 Å². The first kappa shape index (κ1) is 14.3. The van der Waals surface area contributed by atoms with Crippen molar-refractivity contribution in [3.63, 3.8) is 0 Å². The molecular weight excluding hydrogens is 248 g/mol. The largest absolute Gasteiger partial charge is 0.313 e. The molecule has 1 aromatic carbocycles. The Morgan fingerprint density at radius 2 is 2.00 bits per heavy atom. The van der Waals surface area contributed by atoms with Crippen molar-refractivity contribution in [2.24, 2.45) is 0 Å². The van der Waals surface area contributed by atoms with Crippen LogP contribution in [-0.4, -0.2) is 16.3 Å². The van der Waals surface area contributed by atoms with E-state index in [1.54, 1.807) is 0 Å². The summed E-state index contributed by atoms with van der Waals surface area (Å²) in [5, 5.41) is 16.6. The predicted molar refractivity (Wildman–Crippen MR) is 79.2 cm³/mol. The molecule has 20 heavy (non-hydrogen) atoms. The number of nitrogens with one attached hydrogen (secondary N) is 1. The van der Waals surface area contributed by atoms with Crippen molar-refractivity contribution in [3.8, 4) is 6.07 Å². The van der Waals surface area contributed by atoms with Gasteiger partial charge >= 0.3 is 0 Å². The predicted octanol–water partition coefficient (Wildman–Crippen LogP) is 2.55. The van der Waals surface area contributed by atoms with Gasteiger partial charge in [-0.25, -0.2) is 0 Å². The van der Waals surface area contributed by atoms with Crippen LogP contribution >= 0.6 is 0 Å². The first-order valence-electron chi connectivity index (χ1n) is 6.90. The molecule has 0 unspecified atom stereocenters. The molecule has 0 amide bonds. The van der Waals surface area contributed by atoms with Crippen LogP contribution in [0.3, 0.4) is 0 Å². The van der Waals surface area contributed by atoms with Gasteiger partial charge in [-0.2, -0.15) is 10.4 Å². The SMILES string of the molecule is Cc1cc(C)n(CCCNCc2ccc(C#N)cc2)n1. The fraction of sp³-hybridized carbons (Fsp3) is 0.375. The normalized spacial score (nSPS) is 10.4. The van der Waals surface area contributed by atoms with Gasteiger partial charge in [0.15, 0.2) is 0 Å². The highest BCUT2D eigenvalue weighted by atomic mass is 15.3. The second kappa shape index (κ2) is 6.88. The number of hydrogen-bond donors (Lipinski definition) is 1. The van der Waals surface area contributed by atoms with Gasteiger partial charge in [-0.3, -0.25) is 4.68 Å². The van der Waals surface area contributed by atoms with Gasteiger partial charge in [0.25, 0.3) is 0 Å². The van der Waals surface area contributed by atoms with Gasteiger partial charge in [0, 0.05) is 18.8 Å². The van der Waals surface area contributed by atoms with Crippen LogP contribution in [0, 0.1) is 25.2 Å². The lowest BCUT2D eigenvalue weighted by Gasteiger charge is -2.06. The fourth-order valence-corrected chi connectivity index (χ4v) is 2.18. The minimum Gasteiger partial charge on any atom is -0.313 e. The average molecular weight is 268 g/mol. The average Bonchev–Trinajstić information content (AvgIpc) is 2.77. The highest BCUT2D eigenvalue weighted by Crippen LogP contribution is 2.04. The van der Waals surface area contributed by atoms with E-state index >= 15 is 0 Å². The molecule has 4 heteroatoms. The van der Waals surface area contributed by atoms with Crippen LogP contribution in [-0.2, 0) is 13.1 Å². The molecule has 0 bridgehead atoms. The quantitative estimate of drug-likeness (QED) is 0.819. The van der Waals surface area contributed by atoms with Crippen LogP contribution in [0.25, 0.3) is 0 Å². The molecule has 104 valence electrons. The third-order valence-electron chi connectivity index (χ3n) is 3.24. The standard InChI is InChI=1S/C16H20N4/c1-13-10-14(2)20(19-13)9-3-8-18-12-16-6-4-15(11-17)5-7-16/h4-7,10,18H,3,8-9,12H2,1-2H3. The van der Waals surface area contributed by atoms with Crippen LogP contribution < -0.4 is 5.32 Å². The zero-order valence-electron chi connectivity index (χ0n) is 12.1. The van der Waals surface area contributed by atoms with E-state index in [1.807, 2.05) is 31.2 Å². The Balaban J connectivity index is 1.69. The van der Waals surface area contributed by atoms with Crippen molar-refractivity contribution in [3.05, 3.63) is 52.8 Å². The topological polar surface area (TPSA) is 53.6 Å². The molecular formula is C16H20N4. The molecule has 1 heterocycles. The monoisotopic (exact) mass is 268 g/mol. The van der Waals surface area contributed by atoms with Gasteiger partial charge in [-0.05, 0) is 50.6 Å². The van der Waals surface area contributed by atoms with Gasteiger partial charge < -0.3 is 5.32 Å². The number of hydrogen-bond acceptors (Lipinski definition) is 3. The van der Waals surface area contributed by atoms with Crippen molar-refractivity contribution in [1.29, 1.82) is 5.26 Å². The van der Waals surface area contributed by atoms with Crippen molar-refractivity contribution >= 4 is 0 Å². The summed E-state index contributed by atoms with van der Waals surface area (Å²) in [6, 6.07) is 11.9. The summed E-state index contributed by atoms with van der Waals surface area (Å²) in [6.45, 7) is 6.85. The van der Waals surface area contributed by atoms with E-state index < -0.39 is 0 Å². The Morgan fingerprint density at radius 3 is 2.60 bits per heavy atom. The van der Waals surface area contributed by atoms with Crippen LogP contribution in [0.5, 0.6) is 0 Å². The number of aryl methyl sites for hydroxylation is 3. The van der Waals surface area contributed by atoms with E-state index in [-0.39, 0.29) is 0 Å². The molecule has 0 aliphatic carbocycles. The molecule has 4 nitrogen and oxygen atoms in total. The van der Waals surface area contributed by atoms with Gasteiger partial charge in [0.1, 0.15) is 0 Å². The molecule has 0 aliphatic heterocycles. The van der Waals surface area contributed by atoms with E-state index in [4.69, 9.17) is 5.26 Å². The van der Waals surface area contributed by atoms with Crippen molar-refractivity contribution in [2.75, 3.05) is 6.54 Å². The van der Waals surface area contributed by atoms with Gasteiger partial charge in [0.05, 0.1) is 17.3 Å². The third kappa shape index (κ3) is 3.94. The summed E-state index contributed by atoms with van der Waals surface area (Å²) >= 11 is 0. The second-order valence-corrected chi connectivity index (χ2v) is 4.99.